The minimum absolute atomic E-state index is 0.210. The van der Waals surface area contributed by atoms with E-state index < -0.39 is 10.0 Å². The van der Waals surface area contributed by atoms with Gasteiger partial charge < -0.3 is 4.74 Å². The molecule has 0 N–H and O–H groups in total. The van der Waals surface area contributed by atoms with Crippen LogP contribution in [0.1, 0.15) is 5.69 Å². The van der Waals surface area contributed by atoms with Crippen molar-refractivity contribution in [1.82, 2.24) is 18.9 Å². The Morgan fingerprint density at radius 1 is 0.909 bits per heavy atom. The third-order valence-electron chi connectivity index (χ3n) is 5.40. The predicted molar refractivity (Wildman–Crippen MR) is 127 cm³/mol. The lowest BCUT2D eigenvalue weighted by molar-refractivity contribution is 0.398. The van der Waals surface area contributed by atoms with E-state index in [4.69, 9.17) is 4.74 Å². The van der Waals surface area contributed by atoms with Crippen LogP contribution in [-0.4, -0.2) is 34.5 Å². The molecular formula is C25H20N4O3S. The number of fused-ring (bicyclic) bond motifs is 1. The van der Waals surface area contributed by atoms with E-state index in [1.807, 2.05) is 36.4 Å². The highest BCUT2D eigenvalue weighted by Crippen LogP contribution is 2.35. The van der Waals surface area contributed by atoms with Gasteiger partial charge in [0.05, 0.1) is 17.7 Å². The molecule has 0 saturated heterocycles. The van der Waals surface area contributed by atoms with E-state index >= 15 is 0 Å². The molecule has 1 aromatic carbocycles. The predicted octanol–water partition coefficient (Wildman–Crippen LogP) is 4.71. The standard InChI is InChI=1S/C25H20N4O3S/c1-17-13-22-21(19-14-23(28-24(15-19)32-2)18-7-6-11-26-16-18)10-12-27-25(22)29(17)33(30,31)20-8-4-3-5-9-20/h3-16H,1-2H3. The molecule has 8 heteroatoms. The molecule has 0 saturated carbocycles. The Labute approximate surface area is 191 Å². The van der Waals surface area contributed by atoms with Gasteiger partial charge in [0.15, 0.2) is 5.65 Å². The van der Waals surface area contributed by atoms with Crippen LogP contribution in [-0.2, 0) is 10.0 Å². The van der Waals surface area contributed by atoms with Gasteiger partial charge in [-0.3, -0.25) is 4.98 Å². The number of ether oxygens (including phenoxy) is 1. The van der Waals surface area contributed by atoms with Gasteiger partial charge in [0.25, 0.3) is 10.0 Å². The molecule has 0 aliphatic heterocycles. The summed E-state index contributed by atoms with van der Waals surface area (Å²) in [5.74, 6) is 0.448. The summed E-state index contributed by atoms with van der Waals surface area (Å²) in [4.78, 5) is 13.4. The molecule has 0 bridgehead atoms. The normalized spacial score (nSPS) is 11.6. The van der Waals surface area contributed by atoms with E-state index in [1.165, 1.54) is 3.97 Å². The molecule has 4 aromatic heterocycles. The van der Waals surface area contributed by atoms with E-state index in [1.54, 1.807) is 63.0 Å². The molecule has 0 fully saturated rings. The molecule has 0 aliphatic rings. The van der Waals surface area contributed by atoms with Crippen molar-refractivity contribution in [3.8, 4) is 28.3 Å². The largest absolute Gasteiger partial charge is 0.481 e. The second-order valence-electron chi connectivity index (χ2n) is 7.49. The fourth-order valence-corrected chi connectivity index (χ4v) is 5.40. The first-order valence-corrected chi connectivity index (χ1v) is 11.7. The zero-order chi connectivity index (χ0) is 23.0. The molecular weight excluding hydrogens is 436 g/mol. The summed E-state index contributed by atoms with van der Waals surface area (Å²) < 4.78 is 33.5. The van der Waals surface area contributed by atoms with E-state index in [-0.39, 0.29) is 4.90 Å². The summed E-state index contributed by atoms with van der Waals surface area (Å²) in [7, 11) is -2.24. The number of pyridine rings is 3. The summed E-state index contributed by atoms with van der Waals surface area (Å²) in [6.07, 6.45) is 5.06. The van der Waals surface area contributed by atoms with Crippen molar-refractivity contribution in [1.29, 1.82) is 0 Å². The molecule has 0 radical (unpaired) electrons. The molecule has 33 heavy (non-hydrogen) atoms. The Morgan fingerprint density at radius 3 is 2.45 bits per heavy atom. The third kappa shape index (κ3) is 3.64. The van der Waals surface area contributed by atoms with Crippen molar-refractivity contribution in [3.05, 3.63) is 91.0 Å². The summed E-state index contributed by atoms with van der Waals surface area (Å²) in [5.41, 5.74) is 4.16. The maximum absolute atomic E-state index is 13.4. The highest BCUT2D eigenvalue weighted by Gasteiger charge is 2.23. The SMILES string of the molecule is COc1cc(-c2ccnc3c2cc(C)n3S(=O)(=O)c2ccccc2)cc(-c2cccnc2)n1. The maximum Gasteiger partial charge on any atom is 0.269 e. The number of aromatic nitrogens is 4. The first-order valence-electron chi connectivity index (χ1n) is 10.2. The van der Waals surface area contributed by atoms with Crippen LogP contribution < -0.4 is 4.74 Å². The average Bonchev–Trinajstić information content (AvgIpc) is 3.21. The summed E-state index contributed by atoms with van der Waals surface area (Å²) >= 11 is 0. The summed E-state index contributed by atoms with van der Waals surface area (Å²) in [6, 6.07) is 19.6. The molecule has 0 amide bonds. The smallest absolute Gasteiger partial charge is 0.269 e. The van der Waals surface area contributed by atoms with Gasteiger partial charge in [-0.15, -0.1) is 0 Å². The number of hydrogen-bond acceptors (Lipinski definition) is 6. The molecule has 7 nitrogen and oxygen atoms in total. The van der Waals surface area contributed by atoms with Gasteiger partial charge in [0.1, 0.15) is 0 Å². The number of aryl methyl sites for hydroxylation is 1. The van der Waals surface area contributed by atoms with Gasteiger partial charge >= 0.3 is 0 Å². The zero-order valence-corrected chi connectivity index (χ0v) is 18.8. The molecule has 0 aliphatic carbocycles. The summed E-state index contributed by atoms with van der Waals surface area (Å²) in [6.45, 7) is 1.76. The zero-order valence-electron chi connectivity index (χ0n) is 18.0. The number of hydrogen-bond donors (Lipinski definition) is 0. The van der Waals surface area contributed by atoms with Crippen LogP contribution in [0.5, 0.6) is 5.88 Å². The van der Waals surface area contributed by atoms with Crippen molar-refractivity contribution in [2.45, 2.75) is 11.8 Å². The number of rotatable bonds is 5. The maximum atomic E-state index is 13.4. The van der Waals surface area contributed by atoms with Gasteiger partial charge in [0.2, 0.25) is 5.88 Å². The van der Waals surface area contributed by atoms with Gasteiger partial charge in [-0.1, -0.05) is 18.2 Å². The van der Waals surface area contributed by atoms with Crippen LogP contribution in [0.4, 0.5) is 0 Å². The van der Waals surface area contributed by atoms with Crippen LogP contribution in [0.2, 0.25) is 0 Å². The second kappa shape index (κ2) is 8.14. The average molecular weight is 457 g/mol. The van der Waals surface area contributed by atoms with E-state index in [0.717, 1.165) is 22.1 Å². The van der Waals surface area contributed by atoms with Crippen molar-refractivity contribution in [3.63, 3.8) is 0 Å². The molecule has 4 heterocycles. The monoisotopic (exact) mass is 456 g/mol. The van der Waals surface area contributed by atoms with Crippen LogP contribution in [0.3, 0.4) is 0 Å². The highest BCUT2D eigenvalue weighted by molar-refractivity contribution is 7.90. The van der Waals surface area contributed by atoms with Gasteiger partial charge in [-0.05, 0) is 60.5 Å². The van der Waals surface area contributed by atoms with Gasteiger partial charge in [0, 0.05) is 41.3 Å². The van der Waals surface area contributed by atoms with Crippen LogP contribution in [0.25, 0.3) is 33.4 Å². The molecule has 164 valence electrons. The molecule has 0 spiro atoms. The Morgan fingerprint density at radius 2 is 1.73 bits per heavy atom. The van der Waals surface area contributed by atoms with Crippen LogP contribution >= 0.6 is 0 Å². The topological polar surface area (TPSA) is 87.0 Å². The lowest BCUT2D eigenvalue weighted by Crippen LogP contribution is -2.14. The van der Waals surface area contributed by atoms with E-state index in [9.17, 15) is 8.42 Å². The van der Waals surface area contributed by atoms with Gasteiger partial charge in [-0.2, -0.15) is 0 Å². The van der Waals surface area contributed by atoms with Crippen molar-refractivity contribution >= 4 is 21.1 Å². The quantitative estimate of drug-likeness (QED) is 0.381. The number of nitrogens with zero attached hydrogens (tertiary/aromatic N) is 4. The van der Waals surface area contributed by atoms with E-state index in [0.29, 0.717) is 22.9 Å². The minimum Gasteiger partial charge on any atom is -0.481 e. The fourth-order valence-electron chi connectivity index (χ4n) is 3.88. The minimum atomic E-state index is -3.81. The first-order chi connectivity index (χ1) is 16.0. The molecule has 5 aromatic rings. The fraction of sp³-hybridized carbons (Fsp3) is 0.0800. The number of benzene rings is 1. The Balaban J connectivity index is 1.73. The lowest BCUT2D eigenvalue weighted by Gasteiger charge is -2.11. The Bertz CT molecular complexity index is 1560. The Kier molecular flexibility index (Phi) is 5.14. The van der Waals surface area contributed by atoms with Crippen molar-refractivity contribution in [2.24, 2.45) is 0 Å². The number of methoxy groups -OCH3 is 1. The third-order valence-corrected chi connectivity index (χ3v) is 7.21. The first kappa shape index (κ1) is 20.8. The second-order valence-corrected chi connectivity index (χ2v) is 9.28. The van der Waals surface area contributed by atoms with Crippen LogP contribution in [0.15, 0.2) is 90.2 Å². The highest BCUT2D eigenvalue weighted by atomic mass is 32.2. The van der Waals surface area contributed by atoms with Gasteiger partial charge in [-0.25, -0.2) is 22.4 Å². The summed E-state index contributed by atoms with van der Waals surface area (Å²) in [5, 5.41) is 0.722. The van der Waals surface area contributed by atoms with Crippen molar-refractivity contribution < 1.29 is 13.2 Å². The Hall–Kier alpha value is -4.04. The van der Waals surface area contributed by atoms with E-state index in [2.05, 4.69) is 15.0 Å². The molecule has 0 unspecified atom stereocenters. The molecule has 5 rings (SSSR count). The molecule has 0 atom stereocenters. The van der Waals surface area contributed by atoms with Crippen molar-refractivity contribution in [2.75, 3.05) is 7.11 Å². The van der Waals surface area contributed by atoms with Crippen LogP contribution in [0, 0.1) is 6.92 Å². The lowest BCUT2D eigenvalue weighted by atomic mass is 10.0.